The summed E-state index contributed by atoms with van der Waals surface area (Å²) in [6, 6.07) is 15.1. The van der Waals surface area contributed by atoms with Crippen molar-refractivity contribution < 1.29 is 14.6 Å². The van der Waals surface area contributed by atoms with Gasteiger partial charge in [-0.3, -0.25) is 4.79 Å². The molecule has 0 aliphatic rings. The van der Waals surface area contributed by atoms with Crippen LogP contribution in [-0.4, -0.2) is 16.1 Å². The molecule has 1 N–H and O–H groups in total. The predicted octanol–water partition coefficient (Wildman–Crippen LogP) is 5.06. The van der Waals surface area contributed by atoms with Crippen LogP contribution in [0, 0.1) is 0 Å². The molecule has 0 bridgehead atoms. The third kappa shape index (κ3) is 4.59. The molecule has 0 fully saturated rings. The van der Waals surface area contributed by atoms with Crippen LogP contribution in [0.25, 0.3) is 11.3 Å². The van der Waals surface area contributed by atoms with E-state index in [1.54, 1.807) is 0 Å². The summed E-state index contributed by atoms with van der Waals surface area (Å²) in [6.45, 7) is 0.333. The van der Waals surface area contributed by atoms with Gasteiger partial charge in [-0.05, 0) is 24.1 Å². The molecule has 0 saturated heterocycles. The monoisotopic (exact) mass is 373 g/mol. The second kappa shape index (κ2) is 8.14. The van der Waals surface area contributed by atoms with Crippen LogP contribution < -0.4 is 4.74 Å². The number of carboxylic acids is 1. The van der Waals surface area contributed by atoms with E-state index in [2.05, 4.69) is 4.98 Å². The number of aryl methyl sites for hydroxylation is 1. The van der Waals surface area contributed by atoms with Gasteiger partial charge < -0.3 is 9.84 Å². The standard InChI is InChI=1S/C19H16ClNO3S/c20-15-7-3-2-6-14(15)16-12-25-18(21-16)11-24-17-8-4-1-5-13(17)9-10-19(22)23/h1-8,12H,9-11H2,(H,22,23). The van der Waals surface area contributed by atoms with Crippen molar-refractivity contribution in [1.29, 1.82) is 0 Å². The maximum Gasteiger partial charge on any atom is 0.303 e. The lowest BCUT2D eigenvalue weighted by atomic mass is 10.1. The van der Waals surface area contributed by atoms with Crippen LogP contribution >= 0.6 is 22.9 Å². The number of rotatable bonds is 7. The number of benzene rings is 2. The molecule has 1 aromatic heterocycles. The summed E-state index contributed by atoms with van der Waals surface area (Å²) in [5.74, 6) is -0.127. The van der Waals surface area contributed by atoms with Crippen molar-refractivity contribution in [3.8, 4) is 17.0 Å². The molecule has 3 aromatic rings. The van der Waals surface area contributed by atoms with Gasteiger partial charge in [0.1, 0.15) is 17.4 Å². The van der Waals surface area contributed by atoms with E-state index < -0.39 is 5.97 Å². The van der Waals surface area contributed by atoms with E-state index in [1.807, 2.05) is 53.9 Å². The average molecular weight is 374 g/mol. The number of nitrogens with zero attached hydrogens (tertiary/aromatic N) is 1. The number of halogens is 1. The maximum absolute atomic E-state index is 10.8. The molecule has 2 aromatic carbocycles. The van der Waals surface area contributed by atoms with Gasteiger partial charge in [-0.15, -0.1) is 11.3 Å². The molecule has 0 spiro atoms. The van der Waals surface area contributed by atoms with Gasteiger partial charge in [-0.1, -0.05) is 48.0 Å². The second-order valence-electron chi connectivity index (χ2n) is 5.40. The number of aliphatic carboxylic acids is 1. The van der Waals surface area contributed by atoms with Crippen molar-refractivity contribution in [2.45, 2.75) is 19.4 Å². The van der Waals surface area contributed by atoms with Crippen LogP contribution in [0.3, 0.4) is 0 Å². The SMILES string of the molecule is O=C(O)CCc1ccccc1OCc1nc(-c2ccccc2Cl)cs1. The number of aromatic nitrogens is 1. The Balaban J connectivity index is 1.69. The highest BCUT2D eigenvalue weighted by Gasteiger charge is 2.10. The largest absolute Gasteiger partial charge is 0.486 e. The molecular formula is C19H16ClNO3S. The highest BCUT2D eigenvalue weighted by Crippen LogP contribution is 2.29. The number of hydrogen-bond acceptors (Lipinski definition) is 4. The zero-order chi connectivity index (χ0) is 17.6. The third-order valence-corrected chi connectivity index (χ3v) is 4.79. The van der Waals surface area contributed by atoms with Gasteiger partial charge in [0.15, 0.2) is 0 Å². The van der Waals surface area contributed by atoms with E-state index >= 15 is 0 Å². The Morgan fingerprint density at radius 3 is 2.72 bits per heavy atom. The summed E-state index contributed by atoms with van der Waals surface area (Å²) >= 11 is 7.72. The first kappa shape index (κ1) is 17.5. The third-order valence-electron chi connectivity index (χ3n) is 3.63. The minimum atomic E-state index is -0.820. The molecule has 3 rings (SSSR count). The van der Waals surface area contributed by atoms with Gasteiger partial charge in [0.2, 0.25) is 0 Å². The Labute approximate surface area is 154 Å². The van der Waals surface area contributed by atoms with Crippen molar-refractivity contribution in [2.75, 3.05) is 0 Å². The topological polar surface area (TPSA) is 59.4 Å². The molecule has 4 nitrogen and oxygen atoms in total. The Bertz CT molecular complexity index is 878. The van der Waals surface area contributed by atoms with Gasteiger partial charge in [0, 0.05) is 22.4 Å². The van der Waals surface area contributed by atoms with E-state index in [9.17, 15) is 4.79 Å². The molecule has 0 radical (unpaired) electrons. The number of hydrogen-bond donors (Lipinski definition) is 1. The van der Waals surface area contributed by atoms with Crippen molar-refractivity contribution in [2.24, 2.45) is 0 Å². The fourth-order valence-electron chi connectivity index (χ4n) is 2.40. The number of ether oxygens (including phenoxy) is 1. The predicted molar refractivity (Wildman–Crippen MR) is 99.3 cm³/mol. The van der Waals surface area contributed by atoms with E-state index in [1.165, 1.54) is 11.3 Å². The van der Waals surface area contributed by atoms with Crippen molar-refractivity contribution in [3.05, 3.63) is 69.5 Å². The Morgan fingerprint density at radius 2 is 1.92 bits per heavy atom. The fourth-order valence-corrected chi connectivity index (χ4v) is 3.34. The molecule has 0 aliphatic carbocycles. The molecule has 0 amide bonds. The molecule has 0 atom stereocenters. The lowest BCUT2D eigenvalue weighted by Gasteiger charge is -2.09. The first-order chi connectivity index (χ1) is 12.1. The lowest BCUT2D eigenvalue weighted by Crippen LogP contribution is -2.01. The minimum absolute atomic E-state index is 0.0777. The normalized spacial score (nSPS) is 10.6. The quantitative estimate of drug-likeness (QED) is 0.628. The van der Waals surface area contributed by atoms with E-state index in [-0.39, 0.29) is 6.42 Å². The van der Waals surface area contributed by atoms with Gasteiger partial charge in [-0.25, -0.2) is 4.98 Å². The molecule has 6 heteroatoms. The van der Waals surface area contributed by atoms with Gasteiger partial charge in [-0.2, -0.15) is 0 Å². The summed E-state index contributed by atoms with van der Waals surface area (Å²) in [6.07, 6.45) is 0.516. The lowest BCUT2D eigenvalue weighted by molar-refractivity contribution is -0.136. The summed E-state index contributed by atoms with van der Waals surface area (Å²) in [5, 5.41) is 12.3. The summed E-state index contributed by atoms with van der Waals surface area (Å²) in [5.41, 5.74) is 2.61. The van der Waals surface area contributed by atoms with Crippen LogP contribution in [0.15, 0.2) is 53.9 Å². The number of carbonyl (C=O) groups is 1. The Kier molecular flexibility index (Phi) is 5.68. The number of thiazole rings is 1. The second-order valence-corrected chi connectivity index (χ2v) is 6.75. The van der Waals surface area contributed by atoms with Gasteiger partial charge in [0.25, 0.3) is 0 Å². The molecule has 1 heterocycles. The Hall–Kier alpha value is -2.37. The van der Waals surface area contributed by atoms with Crippen LogP contribution in [0.5, 0.6) is 5.75 Å². The molecule has 25 heavy (non-hydrogen) atoms. The average Bonchev–Trinajstić information content (AvgIpc) is 3.08. The van der Waals surface area contributed by atoms with Crippen LogP contribution in [0.1, 0.15) is 17.0 Å². The van der Waals surface area contributed by atoms with Crippen molar-refractivity contribution in [3.63, 3.8) is 0 Å². The molecule has 128 valence electrons. The summed E-state index contributed by atoms with van der Waals surface area (Å²) in [7, 11) is 0. The van der Waals surface area contributed by atoms with E-state index in [0.29, 0.717) is 23.8 Å². The van der Waals surface area contributed by atoms with Gasteiger partial charge in [0.05, 0.1) is 5.69 Å². The highest BCUT2D eigenvalue weighted by molar-refractivity contribution is 7.09. The first-order valence-electron chi connectivity index (χ1n) is 7.75. The van der Waals surface area contributed by atoms with Gasteiger partial charge >= 0.3 is 5.97 Å². The van der Waals surface area contributed by atoms with E-state index in [4.69, 9.17) is 21.4 Å². The number of para-hydroxylation sites is 1. The number of carboxylic acid groups (broad SMARTS) is 1. The summed E-state index contributed by atoms with van der Waals surface area (Å²) in [4.78, 5) is 15.3. The maximum atomic E-state index is 10.8. The zero-order valence-electron chi connectivity index (χ0n) is 13.3. The summed E-state index contributed by atoms with van der Waals surface area (Å²) < 4.78 is 5.86. The smallest absolute Gasteiger partial charge is 0.303 e. The Morgan fingerprint density at radius 1 is 1.16 bits per heavy atom. The molecule has 0 saturated carbocycles. The van der Waals surface area contributed by atoms with Crippen molar-refractivity contribution in [1.82, 2.24) is 4.98 Å². The molecule has 0 unspecified atom stereocenters. The first-order valence-corrected chi connectivity index (χ1v) is 9.01. The van der Waals surface area contributed by atoms with Crippen LogP contribution in [0.4, 0.5) is 0 Å². The van der Waals surface area contributed by atoms with Crippen LogP contribution in [0.2, 0.25) is 5.02 Å². The highest BCUT2D eigenvalue weighted by atomic mass is 35.5. The minimum Gasteiger partial charge on any atom is -0.486 e. The van der Waals surface area contributed by atoms with Crippen molar-refractivity contribution >= 4 is 28.9 Å². The van der Waals surface area contributed by atoms with E-state index in [0.717, 1.165) is 21.8 Å². The fraction of sp³-hybridized carbons (Fsp3) is 0.158. The molecule has 0 aliphatic heterocycles. The molecular weight excluding hydrogens is 358 g/mol. The zero-order valence-corrected chi connectivity index (χ0v) is 14.9. The van der Waals surface area contributed by atoms with Crippen LogP contribution in [-0.2, 0) is 17.8 Å².